The van der Waals surface area contributed by atoms with Crippen molar-refractivity contribution in [3.05, 3.63) is 80.1 Å². The average molecular weight is 1980 g/mol. The van der Waals surface area contributed by atoms with Crippen LogP contribution in [0.25, 0.3) is 0 Å². The Morgan fingerprint density at radius 3 is 0.596 bits per heavy atom. The molecule has 0 N–H and O–H groups in total. The predicted molar refractivity (Wildman–Crippen MR) is 483 cm³/mol. The Morgan fingerprint density at radius 1 is 0.248 bits per heavy atom. The van der Waals surface area contributed by atoms with Crippen LogP contribution in [0.4, 0.5) is 0 Å². The second kappa shape index (κ2) is 107. The van der Waals surface area contributed by atoms with Crippen molar-refractivity contribution in [2.24, 2.45) is 107 Å². The molecule has 0 heterocycles. The Bertz CT molecular complexity index is 1260. The van der Waals surface area contributed by atoms with Gasteiger partial charge in [-0.15, -0.1) is 6.42 Å². The van der Waals surface area contributed by atoms with Crippen molar-refractivity contribution >= 4 is 0 Å². The van der Waals surface area contributed by atoms with Crippen LogP contribution in [0.1, 0.15) is 481 Å². The molecular formula is C103H206Y6-12. The molecule has 0 spiro atoms. The maximum Gasteiger partial charge on any atom is 0 e. The SMILES string of the molecule is C1CCC2CCCCC2C1.C1CCC2CCCCC2C1.CC(C)C.CC(C)C.CC(C)C.CC(C)C.CC(C)C.CC(C)C.CC(C)C.CC(C)C.[CH2-]CC1CCCCC1[CH2-].[CH2-]CC1CCCCC1[CH2-].[CH2-]CC1[CH-]CCCC1.[CH2-]CCC1[CH-]CCCC1.[CH2-]C[C-]1CCCCC1.[CH2-]C[C-]1CCCCC1.[Y].[Y].[Y].[Y].[Y].[Y]. The van der Waals surface area contributed by atoms with Crippen LogP contribution in [0.3, 0.4) is 0 Å². The van der Waals surface area contributed by atoms with Gasteiger partial charge in [-0.05, 0) is 71.0 Å². The van der Waals surface area contributed by atoms with E-state index in [1.165, 1.54) is 225 Å². The zero-order chi connectivity index (χ0) is 79.6. The van der Waals surface area contributed by atoms with Crippen molar-refractivity contribution in [1.29, 1.82) is 0 Å². The number of rotatable bonds is 7. The molecule has 6 radical (unpaired) electrons. The van der Waals surface area contributed by atoms with Gasteiger partial charge in [-0.2, -0.15) is 81.5 Å². The van der Waals surface area contributed by atoms with Gasteiger partial charge in [0.05, 0.1) is 0 Å². The van der Waals surface area contributed by atoms with E-state index in [1.54, 1.807) is 63.2 Å². The van der Waals surface area contributed by atoms with Crippen LogP contribution in [-0.2, 0) is 196 Å². The van der Waals surface area contributed by atoms with E-state index in [0.29, 0.717) is 11.8 Å². The molecule has 6 heteroatoms. The van der Waals surface area contributed by atoms with Gasteiger partial charge in [-0.3, -0.25) is 0 Å². The standard InChI is InChI=1S/2C10H18.3C9H16.3C8H14.8C4H10.6Y/c2*1-2-6-10-8-4-3-7-9(10)5-1;2*1-3-9-7-5-4-6-8(9)2;1-2-6-9-7-4-3-5-8-9;3*1-2-8-6-4-3-5-7-8;8*1-4(2)3;;;;;;/h2*9-10H,1-8H2;2*8-9H,1-7H2;7,9H,1-6,8H2;2*1-7H2;6,8H,1-5,7H2;8*4H,1-3H3;;;;;;/q;;6*-2;;;;;;;;;;;;;;. The molecule has 10 fully saturated rings. The second-order valence-electron chi connectivity index (χ2n) is 38.8. The van der Waals surface area contributed by atoms with Crippen LogP contribution < -0.4 is 0 Å². The maximum absolute atomic E-state index is 4.11. The average Bonchev–Trinajstić information content (AvgIpc) is 0.867. The summed E-state index contributed by atoms with van der Waals surface area (Å²) in [6, 6.07) is 0. The molecule has 0 amide bonds. The maximum atomic E-state index is 4.11. The van der Waals surface area contributed by atoms with Gasteiger partial charge >= 0.3 is 0 Å². The smallest absolute Gasteiger partial charge is 0 e. The van der Waals surface area contributed by atoms with Crippen LogP contribution in [0.15, 0.2) is 0 Å². The summed E-state index contributed by atoms with van der Waals surface area (Å²) in [4.78, 5) is 0. The van der Waals surface area contributed by atoms with Gasteiger partial charge in [0.1, 0.15) is 0 Å². The van der Waals surface area contributed by atoms with E-state index >= 15 is 0 Å². The van der Waals surface area contributed by atoms with Gasteiger partial charge in [-0.25, -0.2) is 6.42 Å². The Kier molecular flexibility index (Phi) is 139. The molecule has 109 heavy (non-hydrogen) atoms. The van der Waals surface area contributed by atoms with Crippen molar-refractivity contribution in [2.45, 2.75) is 481 Å². The third-order valence-electron chi connectivity index (χ3n) is 19.6. The first kappa shape index (κ1) is 141. The molecule has 10 aliphatic carbocycles. The van der Waals surface area contributed by atoms with Gasteiger partial charge in [0.2, 0.25) is 0 Å². The Balaban J connectivity index is -0.0000000930. The van der Waals surface area contributed by atoms with Crippen molar-refractivity contribution in [1.82, 2.24) is 0 Å². The molecule has 0 nitrogen and oxygen atoms in total. The molecule has 0 aliphatic heterocycles. The van der Waals surface area contributed by atoms with E-state index in [1.807, 2.05) is 0 Å². The molecule has 6 atom stereocenters. The summed E-state index contributed by atoms with van der Waals surface area (Å²) in [5.74, 6) is 19.5. The van der Waals surface area contributed by atoms with Crippen molar-refractivity contribution in [3.63, 3.8) is 0 Å². The minimum absolute atomic E-state index is 0. The molecule has 0 saturated heterocycles. The van der Waals surface area contributed by atoms with E-state index in [-0.39, 0.29) is 196 Å². The second-order valence-corrected chi connectivity index (χ2v) is 38.8. The van der Waals surface area contributed by atoms with E-state index < -0.39 is 0 Å². The fourth-order valence-electron chi connectivity index (χ4n) is 14.5. The van der Waals surface area contributed by atoms with E-state index in [4.69, 9.17) is 0 Å². The number of hydrogen-bond donors (Lipinski definition) is 0. The quantitative estimate of drug-likeness (QED) is 0.223. The Labute approximate surface area is 851 Å². The molecule has 6 unspecified atom stereocenters. The van der Waals surface area contributed by atoms with Crippen molar-refractivity contribution in [2.75, 3.05) is 0 Å². The minimum Gasteiger partial charge on any atom is -0.372 e. The summed E-state index contributed by atoms with van der Waals surface area (Å²) >= 11 is 0. The van der Waals surface area contributed by atoms with Crippen LogP contribution in [0.5, 0.6) is 0 Å². The topological polar surface area (TPSA) is 0 Å². The van der Waals surface area contributed by atoms with Crippen LogP contribution >= 0.6 is 0 Å². The third-order valence-corrected chi connectivity index (χ3v) is 19.6. The predicted octanol–water partition coefficient (Wildman–Crippen LogP) is 36.8. The van der Waals surface area contributed by atoms with Gasteiger partial charge in [0.15, 0.2) is 0 Å². The van der Waals surface area contributed by atoms with E-state index in [2.05, 4.69) is 234 Å². The van der Waals surface area contributed by atoms with Gasteiger partial charge in [0, 0.05) is 196 Å². The van der Waals surface area contributed by atoms with Crippen LogP contribution in [-0.4, -0.2) is 0 Å². The van der Waals surface area contributed by atoms with Crippen molar-refractivity contribution in [3.8, 4) is 0 Å². The zero-order valence-corrected chi connectivity index (χ0v) is 97.3. The molecule has 10 rings (SSSR count). The first-order valence-electron chi connectivity index (χ1n) is 46.5. The summed E-state index contributed by atoms with van der Waals surface area (Å²) in [5.41, 5.74) is 0. The molecule has 0 aromatic rings. The normalized spacial score (nSPS) is 24.2. The first-order valence-corrected chi connectivity index (χ1v) is 46.5. The summed E-state index contributed by atoms with van der Waals surface area (Å²) < 4.78 is 0. The monoisotopic (exact) mass is 1980 g/mol. The minimum atomic E-state index is 0. The summed E-state index contributed by atoms with van der Waals surface area (Å²) in [5, 5.41) is 0. The number of hydrogen-bond acceptors (Lipinski definition) is 0. The van der Waals surface area contributed by atoms with Gasteiger partial charge in [-0.1, -0.05) is 409 Å². The largest absolute Gasteiger partial charge is 0.372 e. The fourth-order valence-corrected chi connectivity index (χ4v) is 14.5. The molecule has 0 aromatic carbocycles. The molecule has 10 saturated carbocycles. The van der Waals surface area contributed by atoms with Gasteiger partial charge in [0.25, 0.3) is 0 Å². The third kappa shape index (κ3) is 121. The van der Waals surface area contributed by atoms with Crippen LogP contribution in [0, 0.1) is 187 Å². The van der Waals surface area contributed by atoms with E-state index in [9.17, 15) is 0 Å². The van der Waals surface area contributed by atoms with Crippen molar-refractivity contribution < 1.29 is 196 Å². The molecule has 648 valence electrons. The number of fused-ring (bicyclic) bond motifs is 2. The Hall–Kier alpha value is 6.62. The van der Waals surface area contributed by atoms with Crippen LogP contribution in [0.2, 0.25) is 0 Å². The molecule has 0 aromatic heterocycles. The molecular weight excluding hydrogens is 1770 g/mol. The Morgan fingerprint density at radius 2 is 0.450 bits per heavy atom. The molecule has 10 aliphatic rings. The summed E-state index contributed by atoms with van der Waals surface area (Å²) in [6.45, 7) is 83.5. The first-order chi connectivity index (χ1) is 48.7. The summed E-state index contributed by atoms with van der Waals surface area (Å²) in [6.07, 6.45) is 73.8. The fraction of sp³-hybridized carbons (Fsp3) is 0.883. The van der Waals surface area contributed by atoms with E-state index in [0.717, 1.165) is 133 Å². The molecule has 0 bridgehead atoms. The summed E-state index contributed by atoms with van der Waals surface area (Å²) in [7, 11) is 0. The van der Waals surface area contributed by atoms with Gasteiger partial charge < -0.3 is 92.9 Å². The zero-order valence-electron chi connectivity index (χ0n) is 80.3.